The summed E-state index contributed by atoms with van der Waals surface area (Å²) in [4.78, 5) is 12.4. The Morgan fingerprint density at radius 2 is 1.75 bits per heavy atom. The van der Waals surface area contributed by atoms with Crippen LogP contribution in [0.25, 0.3) is 0 Å². The summed E-state index contributed by atoms with van der Waals surface area (Å²) in [6, 6.07) is 9.06. The van der Waals surface area contributed by atoms with Crippen LogP contribution in [-0.4, -0.2) is 19.0 Å². The minimum atomic E-state index is -0.458. The summed E-state index contributed by atoms with van der Waals surface area (Å²) >= 11 is 3.18. The lowest BCUT2D eigenvalue weighted by Crippen LogP contribution is -2.16. The van der Waals surface area contributed by atoms with Crippen molar-refractivity contribution in [2.75, 3.05) is 13.2 Å². The Morgan fingerprint density at radius 3 is 2.50 bits per heavy atom. The van der Waals surface area contributed by atoms with Crippen LogP contribution in [0.15, 0.2) is 40.9 Å². The van der Waals surface area contributed by atoms with Gasteiger partial charge in [0.15, 0.2) is 17.3 Å². The van der Waals surface area contributed by atoms with Gasteiger partial charge >= 0.3 is 0 Å². The predicted octanol–water partition coefficient (Wildman–Crippen LogP) is 3.59. The summed E-state index contributed by atoms with van der Waals surface area (Å²) < 4.78 is 24.7. The number of ketones is 1. The van der Waals surface area contributed by atoms with E-state index in [1.807, 2.05) is 0 Å². The molecule has 2 aromatic rings. The Morgan fingerprint density at radius 1 is 1.00 bits per heavy atom. The zero-order chi connectivity index (χ0) is 14.1. The van der Waals surface area contributed by atoms with Crippen molar-refractivity contribution in [1.29, 1.82) is 0 Å². The van der Waals surface area contributed by atoms with Gasteiger partial charge in [-0.15, -0.1) is 0 Å². The molecule has 0 saturated carbocycles. The minimum Gasteiger partial charge on any atom is -0.486 e. The van der Waals surface area contributed by atoms with Crippen molar-refractivity contribution in [1.82, 2.24) is 0 Å². The Balaban J connectivity index is 1.97. The third kappa shape index (κ3) is 2.54. The van der Waals surface area contributed by atoms with Gasteiger partial charge in [0, 0.05) is 15.6 Å². The van der Waals surface area contributed by atoms with E-state index < -0.39 is 5.82 Å². The fourth-order valence-corrected chi connectivity index (χ4v) is 2.50. The van der Waals surface area contributed by atoms with Gasteiger partial charge < -0.3 is 9.47 Å². The quantitative estimate of drug-likeness (QED) is 0.786. The fourth-order valence-electron chi connectivity index (χ4n) is 2.04. The number of halogens is 2. The first-order valence-corrected chi connectivity index (χ1v) is 6.83. The van der Waals surface area contributed by atoms with Crippen molar-refractivity contribution in [3.05, 3.63) is 57.8 Å². The van der Waals surface area contributed by atoms with Crippen molar-refractivity contribution in [3.63, 3.8) is 0 Å². The molecule has 0 radical (unpaired) electrons. The number of carbonyl (C=O) groups excluding carboxylic acids is 1. The van der Waals surface area contributed by atoms with Crippen molar-refractivity contribution in [3.8, 4) is 11.5 Å². The molecule has 1 aliphatic heterocycles. The summed E-state index contributed by atoms with van der Waals surface area (Å²) in [7, 11) is 0. The van der Waals surface area contributed by atoms with Crippen molar-refractivity contribution < 1.29 is 18.7 Å². The van der Waals surface area contributed by atoms with Gasteiger partial charge in [0.05, 0.1) is 0 Å². The van der Waals surface area contributed by atoms with E-state index in [1.165, 1.54) is 12.1 Å². The van der Waals surface area contributed by atoms with E-state index in [4.69, 9.17) is 9.47 Å². The molecule has 2 aromatic carbocycles. The lowest BCUT2D eigenvalue weighted by Gasteiger charge is -2.18. The molecule has 0 atom stereocenters. The van der Waals surface area contributed by atoms with Gasteiger partial charge in [-0.3, -0.25) is 4.79 Å². The van der Waals surface area contributed by atoms with Crippen LogP contribution in [0.1, 0.15) is 15.9 Å². The van der Waals surface area contributed by atoms with Gasteiger partial charge in [0.1, 0.15) is 19.0 Å². The van der Waals surface area contributed by atoms with Gasteiger partial charge in [-0.2, -0.15) is 0 Å². The normalized spacial score (nSPS) is 13.1. The third-order valence-electron chi connectivity index (χ3n) is 2.93. The number of hydrogen-bond donors (Lipinski definition) is 0. The second-order valence-corrected chi connectivity index (χ2v) is 5.26. The maximum Gasteiger partial charge on any atom is 0.193 e. The zero-order valence-electron chi connectivity index (χ0n) is 10.4. The first kappa shape index (κ1) is 13.1. The smallest absolute Gasteiger partial charge is 0.193 e. The molecule has 5 heteroatoms. The van der Waals surface area contributed by atoms with Gasteiger partial charge in [-0.25, -0.2) is 4.39 Å². The number of rotatable bonds is 2. The van der Waals surface area contributed by atoms with E-state index in [2.05, 4.69) is 15.9 Å². The van der Waals surface area contributed by atoms with Gasteiger partial charge in [-0.1, -0.05) is 15.9 Å². The molecule has 0 saturated heterocycles. The molecule has 0 N–H and O–H groups in total. The van der Waals surface area contributed by atoms with Crippen LogP contribution < -0.4 is 9.47 Å². The second-order valence-electron chi connectivity index (χ2n) is 4.35. The number of fused-ring (bicyclic) bond motifs is 1. The maximum atomic E-state index is 13.4. The molecule has 102 valence electrons. The third-order valence-corrected chi connectivity index (χ3v) is 3.39. The molecule has 3 nitrogen and oxygen atoms in total. The van der Waals surface area contributed by atoms with Crippen LogP contribution in [0.4, 0.5) is 4.39 Å². The van der Waals surface area contributed by atoms with E-state index in [0.717, 1.165) is 0 Å². The summed E-state index contributed by atoms with van der Waals surface area (Å²) in [6.07, 6.45) is 0. The Kier molecular flexibility index (Phi) is 3.44. The highest BCUT2D eigenvalue weighted by Crippen LogP contribution is 2.31. The Hall–Kier alpha value is -1.88. The van der Waals surface area contributed by atoms with E-state index >= 15 is 0 Å². The van der Waals surface area contributed by atoms with Crippen LogP contribution in [-0.2, 0) is 0 Å². The largest absolute Gasteiger partial charge is 0.486 e. The SMILES string of the molecule is O=C(c1cc(F)cc(Br)c1)c1ccc2c(c1)OCCO2. The number of benzene rings is 2. The summed E-state index contributed by atoms with van der Waals surface area (Å²) in [5.74, 6) is 0.438. The van der Waals surface area contributed by atoms with Crippen LogP contribution in [0.5, 0.6) is 11.5 Å². The zero-order valence-corrected chi connectivity index (χ0v) is 11.9. The maximum absolute atomic E-state index is 13.4. The van der Waals surface area contributed by atoms with Gasteiger partial charge in [0.2, 0.25) is 0 Å². The average molecular weight is 337 g/mol. The molecule has 0 aliphatic carbocycles. The fraction of sp³-hybridized carbons (Fsp3) is 0.133. The van der Waals surface area contributed by atoms with E-state index in [1.54, 1.807) is 24.3 Å². The Bertz CT molecular complexity index is 665. The first-order chi connectivity index (χ1) is 9.63. The molecule has 0 aromatic heterocycles. The molecule has 0 amide bonds. The molecular weight excluding hydrogens is 327 g/mol. The number of hydrogen-bond acceptors (Lipinski definition) is 3. The monoisotopic (exact) mass is 336 g/mol. The molecule has 1 heterocycles. The highest BCUT2D eigenvalue weighted by molar-refractivity contribution is 9.10. The molecule has 0 spiro atoms. The van der Waals surface area contributed by atoms with Gasteiger partial charge in [-0.05, 0) is 36.4 Å². The van der Waals surface area contributed by atoms with Crippen LogP contribution in [0, 0.1) is 5.82 Å². The first-order valence-electron chi connectivity index (χ1n) is 6.04. The predicted molar refractivity (Wildman–Crippen MR) is 75.0 cm³/mol. The van der Waals surface area contributed by atoms with Crippen LogP contribution in [0.3, 0.4) is 0 Å². The number of ether oxygens (including phenoxy) is 2. The molecule has 20 heavy (non-hydrogen) atoms. The van der Waals surface area contributed by atoms with E-state index in [9.17, 15) is 9.18 Å². The lowest BCUT2D eigenvalue weighted by molar-refractivity contribution is 0.103. The average Bonchev–Trinajstić information content (AvgIpc) is 2.45. The molecule has 3 rings (SSSR count). The Labute approximate surface area is 123 Å². The van der Waals surface area contributed by atoms with Crippen LogP contribution >= 0.6 is 15.9 Å². The van der Waals surface area contributed by atoms with Gasteiger partial charge in [0.25, 0.3) is 0 Å². The highest BCUT2D eigenvalue weighted by atomic mass is 79.9. The summed E-state index contributed by atoms with van der Waals surface area (Å²) in [6.45, 7) is 0.952. The standard InChI is InChI=1S/C15H10BrFO3/c16-11-5-10(6-12(17)8-11)15(18)9-1-2-13-14(7-9)20-4-3-19-13/h1-2,5-8H,3-4H2. The minimum absolute atomic E-state index is 0.262. The number of carbonyl (C=O) groups is 1. The van der Waals surface area contributed by atoms with Crippen molar-refractivity contribution >= 4 is 21.7 Å². The topological polar surface area (TPSA) is 35.5 Å². The highest BCUT2D eigenvalue weighted by Gasteiger charge is 2.16. The molecular formula is C15H10BrFO3. The molecule has 0 bridgehead atoms. The van der Waals surface area contributed by atoms with Crippen molar-refractivity contribution in [2.24, 2.45) is 0 Å². The van der Waals surface area contributed by atoms with Crippen molar-refractivity contribution in [2.45, 2.75) is 0 Å². The second kappa shape index (κ2) is 5.25. The molecule has 0 unspecified atom stereocenters. The summed E-state index contributed by atoms with van der Waals surface area (Å²) in [5.41, 5.74) is 0.723. The molecule has 1 aliphatic rings. The van der Waals surface area contributed by atoms with E-state index in [0.29, 0.717) is 34.7 Å². The molecule has 0 fully saturated rings. The summed E-state index contributed by atoms with van der Waals surface area (Å²) in [5, 5.41) is 0. The van der Waals surface area contributed by atoms with Crippen LogP contribution in [0.2, 0.25) is 0 Å². The lowest BCUT2D eigenvalue weighted by atomic mass is 10.0. The van der Waals surface area contributed by atoms with E-state index in [-0.39, 0.29) is 11.3 Å².